The van der Waals surface area contributed by atoms with E-state index in [1.54, 1.807) is 0 Å². The van der Waals surface area contributed by atoms with Crippen molar-refractivity contribution in [2.24, 2.45) is 0 Å². The zero-order valence-corrected chi connectivity index (χ0v) is 38.3. The van der Waals surface area contributed by atoms with Gasteiger partial charge in [-0.1, -0.05) is 218 Å². The number of hydrogen-bond donors (Lipinski definition) is 0. The molecule has 70 heavy (non-hydrogen) atoms. The number of aromatic nitrogens is 2. The first-order valence-electron chi connectivity index (χ1n) is 24.2. The number of para-hydroxylation sites is 2. The molecule has 0 bridgehead atoms. The van der Waals surface area contributed by atoms with Crippen LogP contribution in [-0.2, 0) is 5.41 Å². The average molecular weight is 889 g/mol. The van der Waals surface area contributed by atoms with Gasteiger partial charge in [-0.25, -0.2) is 4.98 Å². The number of benzene rings is 11. The van der Waals surface area contributed by atoms with E-state index in [0.717, 1.165) is 44.9 Å². The summed E-state index contributed by atoms with van der Waals surface area (Å²) in [5.41, 5.74) is 18.9. The molecular weight excluding hydrogens is 845 g/mol. The second-order valence-electron chi connectivity index (χ2n) is 18.6. The van der Waals surface area contributed by atoms with Gasteiger partial charge >= 0.3 is 0 Å². The maximum atomic E-state index is 5.83. The zero-order valence-electron chi connectivity index (χ0n) is 38.3. The largest absolute Gasteiger partial charge is 0.309 e. The van der Waals surface area contributed by atoms with Gasteiger partial charge in [-0.2, -0.15) is 0 Å². The number of nitrogens with zero attached hydrogens (tertiary/aromatic N) is 2. The highest BCUT2D eigenvalue weighted by Crippen LogP contribution is 2.58. The van der Waals surface area contributed by atoms with E-state index in [4.69, 9.17) is 4.98 Å². The second-order valence-corrected chi connectivity index (χ2v) is 18.6. The molecule has 2 heteroatoms. The van der Waals surface area contributed by atoms with Crippen LogP contribution in [0.3, 0.4) is 0 Å². The van der Waals surface area contributed by atoms with Crippen LogP contribution in [0.1, 0.15) is 22.3 Å². The molecule has 0 N–H and O–H groups in total. The Morgan fingerprint density at radius 3 is 1.54 bits per heavy atom. The van der Waals surface area contributed by atoms with E-state index >= 15 is 0 Å². The Hall–Kier alpha value is -9.11. The Morgan fingerprint density at radius 2 is 0.829 bits per heavy atom. The van der Waals surface area contributed by atoms with Crippen LogP contribution in [0.25, 0.3) is 105 Å². The molecule has 1 aliphatic carbocycles. The van der Waals surface area contributed by atoms with Crippen LogP contribution < -0.4 is 0 Å². The van der Waals surface area contributed by atoms with Crippen LogP contribution in [0.2, 0.25) is 0 Å². The summed E-state index contributed by atoms with van der Waals surface area (Å²) in [6, 6.07) is 98.0. The van der Waals surface area contributed by atoms with E-state index in [2.05, 4.69) is 271 Å². The second kappa shape index (κ2) is 16.0. The van der Waals surface area contributed by atoms with Crippen molar-refractivity contribution in [1.29, 1.82) is 0 Å². The first kappa shape index (κ1) is 40.0. The standard InChI is InChI=1S/C68H44N2/c1-4-21-45(22-5-1)47-43-63(69-64(44-47)59-34-20-36-62-67(59)58-33-14-17-35-61(58)68(62,50-24-6-2-7-25-50)51-26-8-3-9-27-51)49-39-48(60-42-46-23-10-11-28-53(46)54-29-12-13-30-55(54)60)40-52(41-49)70-65-37-18-15-31-56(65)57-32-16-19-38-66(57)70/h1-44H. The van der Waals surface area contributed by atoms with Crippen LogP contribution in [0.4, 0.5) is 0 Å². The molecule has 13 aromatic rings. The summed E-state index contributed by atoms with van der Waals surface area (Å²) in [5, 5.41) is 7.39. The van der Waals surface area contributed by atoms with Crippen molar-refractivity contribution in [2.45, 2.75) is 5.41 Å². The van der Waals surface area contributed by atoms with E-state index in [-0.39, 0.29) is 0 Å². The fourth-order valence-electron chi connectivity index (χ4n) is 11.9. The molecule has 0 atom stereocenters. The summed E-state index contributed by atoms with van der Waals surface area (Å²) >= 11 is 0. The number of hydrogen-bond acceptors (Lipinski definition) is 1. The Bertz CT molecular complexity index is 4070. The lowest BCUT2D eigenvalue weighted by Gasteiger charge is -2.33. The molecule has 1 aliphatic rings. The minimum absolute atomic E-state index is 0.529. The van der Waals surface area contributed by atoms with Crippen LogP contribution in [0.15, 0.2) is 267 Å². The number of rotatable bonds is 7. The lowest BCUT2D eigenvalue weighted by Crippen LogP contribution is -2.28. The third kappa shape index (κ3) is 6.10. The minimum atomic E-state index is -0.529. The summed E-state index contributed by atoms with van der Waals surface area (Å²) in [6.07, 6.45) is 0. The predicted molar refractivity (Wildman–Crippen MR) is 293 cm³/mol. The summed E-state index contributed by atoms with van der Waals surface area (Å²) in [6.45, 7) is 0. The average Bonchev–Trinajstić information content (AvgIpc) is 3.94. The zero-order chi connectivity index (χ0) is 46.2. The van der Waals surface area contributed by atoms with Crippen molar-refractivity contribution in [1.82, 2.24) is 9.55 Å². The summed E-state index contributed by atoms with van der Waals surface area (Å²) in [5.74, 6) is 0. The Balaban J connectivity index is 1.07. The summed E-state index contributed by atoms with van der Waals surface area (Å²) in [7, 11) is 0. The first-order valence-corrected chi connectivity index (χ1v) is 24.2. The third-order valence-corrected chi connectivity index (χ3v) is 14.8. The van der Waals surface area contributed by atoms with Crippen molar-refractivity contribution in [2.75, 3.05) is 0 Å². The summed E-state index contributed by atoms with van der Waals surface area (Å²) in [4.78, 5) is 5.83. The van der Waals surface area contributed by atoms with Gasteiger partial charge in [0.15, 0.2) is 0 Å². The predicted octanol–water partition coefficient (Wildman–Crippen LogP) is 17.5. The fourth-order valence-corrected chi connectivity index (χ4v) is 11.9. The third-order valence-electron chi connectivity index (χ3n) is 14.8. The number of pyridine rings is 1. The highest BCUT2D eigenvalue weighted by molar-refractivity contribution is 6.14. The van der Waals surface area contributed by atoms with Crippen LogP contribution in [0, 0.1) is 0 Å². The molecule has 0 amide bonds. The van der Waals surface area contributed by atoms with Crippen LogP contribution >= 0.6 is 0 Å². The highest BCUT2D eigenvalue weighted by Gasteiger charge is 2.46. The molecule has 2 heterocycles. The van der Waals surface area contributed by atoms with Crippen molar-refractivity contribution in [3.63, 3.8) is 0 Å². The summed E-state index contributed by atoms with van der Waals surface area (Å²) < 4.78 is 2.44. The highest BCUT2D eigenvalue weighted by atomic mass is 15.0. The van der Waals surface area contributed by atoms with E-state index in [1.807, 2.05) is 0 Å². The molecular formula is C68H44N2. The van der Waals surface area contributed by atoms with Crippen molar-refractivity contribution in [3.8, 4) is 61.6 Å². The SMILES string of the molecule is c1ccc(-c2cc(-c3cc(-c4cc5ccccc5c5ccccc45)cc(-n4c5ccccc5c5ccccc54)c3)nc(-c3cccc4c3-c3ccccc3C4(c3ccccc3)c3ccccc3)c2)cc1. The molecule has 0 saturated carbocycles. The molecule has 11 aromatic carbocycles. The van der Waals surface area contributed by atoms with Gasteiger partial charge in [0.2, 0.25) is 0 Å². The maximum Gasteiger partial charge on any atom is 0.0722 e. The normalized spacial score (nSPS) is 12.7. The van der Waals surface area contributed by atoms with Crippen molar-refractivity contribution < 1.29 is 0 Å². The monoisotopic (exact) mass is 888 g/mol. The van der Waals surface area contributed by atoms with Gasteiger partial charge in [0.05, 0.1) is 27.8 Å². The molecule has 0 fully saturated rings. The molecule has 2 aromatic heterocycles. The van der Waals surface area contributed by atoms with Gasteiger partial charge in [-0.15, -0.1) is 0 Å². The van der Waals surface area contributed by atoms with Gasteiger partial charge in [0.25, 0.3) is 0 Å². The smallest absolute Gasteiger partial charge is 0.0722 e. The van der Waals surface area contributed by atoms with Crippen molar-refractivity contribution in [3.05, 3.63) is 289 Å². The van der Waals surface area contributed by atoms with Crippen LogP contribution in [-0.4, -0.2) is 9.55 Å². The Morgan fingerprint density at radius 1 is 0.300 bits per heavy atom. The molecule has 0 aliphatic heterocycles. The van der Waals surface area contributed by atoms with Gasteiger partial charge in [-0.3, -0.25) is 0 Å². The Kier molecular flexibility index (Phi) is 9.15. The molecule has 326 valence electrons. The molecule has 14 rings (SSSR count). The lowest BCUT2D eigenvalue weighted by molar-refractivity contribution is 0.768. The molecule has 0 radical (unpaired) electrons. The van der Waals surface area contributed by atoms with Crippen LogP contribution in [0.5, 0.6) is 0 Å². The Labute approximate surface area is 407 Å². The molecule has 2 nitrogen and oxygen atoms in total. The topological polar surface area (TPSA) is 17.8 Å². The van der Waals surface area contributed by atoms with Gasteiger partial charge in [0.1, 0.15) is 0 Å². The van der Waals surface area contributed by atoms with E-state index in [0.29, 0.717) is 0 Å². The molecule has 0 spiro atoms. The quantitative estimate of drug-likeness (QED) is 0.146. The van der Waals surface area contributed by atoms with Crippen molar-refractivity contribution >= 4 is 43.4 Å². The molecule has 0 unspecified atom stereocenters. The maximum absolute atomic E-state index is 5.83. The first-order chi connectivity index (χ1) is 34.7. The van der Waals surface area contributed by atoms with E-state index in [1.165, 1.54) is 82.3 Å². The number of fused-ring (bicyclic) bond motifs is 9. The van der Waals surface area contributed by atoms with Gasteiger partial charge in [-0.05, 0) is 126 Å². The van der Waals surface area contributed by atoms with Gasteiger partial charge in [0, 0.05) is 27.6 Å². The van der Waals surface area contributed by atoms with E-state index < -0.39 is 5.41 Å². The van der Waals surface area contributed by atoms with Gasteiger partial charge < -0.3 is 4.57 Å². The van der Waals surface area contributed by atoms with E-state index in [9.17, 15) is 0 Å². The minimum Gasteiger partial charge on any atom is -0.309 e. The molecule has 0 saturated heterocycles. The lowest BCUT2D eigenvalue weighted by atomic mass is 9.67. The fraction of sp³-hybridized carbons (Fsp3) is 0.0147.